The Morgan fingerprint density at radius 2 is 2.06 bits per heavy atom. The third-order valence-electron chi connectivity index (χ3n) is 3.90. The molecule has 2 rings (SSSR count). The van der Waals surface area contributed by atoms with Crippen LogP contribution >= 0.6 is 27.3 Å². The van der Waals surface area contributed by atoms with Gasteiger partial charge in [-0.2, -0.15) is 0 Å². The highest BCUT2D eigenvalue weighted by molar-refractivity contribution is 9.10. The lowest BCUT2D eigenvalue weighted by molar-refractivity contribution is 0.0261. The molecular weight excluding hydrogens is 296 g/mol. The molecule has 0 N–H and O–H groups in total. The third-order valence-corrected chi connectivity index (χ3v) is 5.81. The maximum absolute atomic E-state index is 3.61. The number of hydrogen-bond donors (Lipinski definition) is 0. The van der Waals surface area contributed by atoms with Gasteiger partial charge in [-0.25, -0.2) is 0 Å². The summed E-state index contributed by atoms with van der Waals surface area (Å²) in [4.78, 5) is 6.30. The predicted octanol–water partition coefficient (Wildman–Crippen LogP) is 3.43. The highest BCUT2D eigenvalue weighted by Gasteiger charge is 2.39. The van der Waals surface area contributed by atoms with Gasteiger partial charge in [0.2, 0.25) is 0 Å². The average Bonchev–Trinajstić information content (AvgIpc) is 2.58. The van der Waals surface area contributed by atoms with Gasteiger partial charge in [-0.05, 0) is 67.8 Å². The van der Waals surface area contributed by atoms with Crippen molar-refractivity contribution in [2.24, 2.45) is 0 Å². The summed E-state index contributed by atoms with van der Waals surface area (Å²) in [6.45, 7) is 2.22. The highest BCUT2D eigenvalue weighted by atomic mass is 79.9. The van der Waals surface area contributed by atoms with E-state index in [-0.39, 0.29) is 0 Å². The second-order valence-corrected chi connectivity index (χ2v) is 7.19. The van der Waals surface area contributed by atoms with Crippen molar-refractivity contribution in [3.05, 3.63) is 20.8 Å². The van der Waals surface area contributed by atoms with Crippen molar-refractivity contribution in [1.82, 2.24) is 9.80 Å². The summed E-state index contributed by atoms with van der Waals surface area (Å²) in [5, 5.41) is 2.15. The van der Waals surface area contributed by atoms with Crippen LogP contribution in [0, 0.1) is 0 Å². The predicted molar refractivity (Wildman–Crippen MR) is 78.6 cm³/mol. The second-order valence-electron chi connectivity index (χ2n) is 5.34. The Bertz CT molecular complexity index is 371. The van der Waals surface area contributed by atoms with E-state index in [1.807, 2.05) is 11.3 Å². The van der Waals surface area contributed by atoms with Crippen molar-refractivity contribution in [2.75, 3.05) is 27.7 Å². The zero-order valence-corrected chi connectivity index (χ0v) is 13.3. The summed E-state index contributed by atoms with van der Waals surface area (Å²) in [6, 6.07) is 2.14. The van der Waals surface area contributed by atoms with E-state index in [2.05, 4.69) is 58.3 Å². The molecule has 1 heterocycles. The Morgan fingerprint density at radius 1 is 1.35 bits per heavy atom. The quantitative estimate of drug-likeness (QED) is 0.821. The minimum Gasteiger partial charge on any atom is -0.302 e. The van der Waals surface area contributed by atoms with Crippen LogP contribution in [0.25, 0.3) is 0 Å². The Balaban J connectivity index is 1.93. The first kappa shape index (κ1) is 13.5. The smallest absolute Gasteiger partial charge is 0.0337 e. The Morgan fingerprint density at radius 3 is 2.47 bits per heavy atom. The van der Waals surface area contributed by atoms with Crippen LogP contribution in [0.3, 0.4) is 0 Å². The van der Waals surface area contributed by atoms with Crippen molar-refractivity contribution in [2.45, 2.75) is 31.3 Å². The second kappa shape index (κ2) is 5.39. The lowest BCUT2D eigenvalue weighted by Crippen LogP contribution is -2.56. The van der Waals surface area contributed by atoms with Crippen LogP contribution < -0.4 is 0 Å². The molecule has 0 radical (unpaired) electrons. The Kier molecular flexibility index (Phi) is 4.29. The van der Waals surface area contributed by atoms with Crippen LogP contribution in [0.1, 0.15) is 24.1 Å². The summed E-state index contributed by atoms with van der Waals surface area (Å²) in [5.74, 6) is 0. The van der Waals surface area contributed by atoms with Gasteiger partial charge >= 0.3 is 0 Å². The SMILES string of the molecule is CN(Cc1sccc1Br)CC1(N(C)C)CCC1. The number of rotatable bonds is 5. The number of nitrogens with zero attached hydrogens (tertiary/aromatic N) is 2. The van der Waals surface area contributed by atoms with Gasteiger partial charge in [0.15, 0.2) is 0 Å². The molecule has 0 spiro atoms. The maximum atomic E-state index is 3.61. The van der Waals surface area contributed by atoms with Gasteiger partial charge in [-0.3, -0.25) is 4.90 Å². The Hall–Kier alpha value is 0.1000. The molecule has 1 aromatic rings. The van der Waals surface area contributed by atoms with E-state index in [0.29, 0.717) is 5.54 Å². The standard InChI is InChI=1S/C13H21BrN2S/c1-15(2)13(6-4-7-13)10-16(3)9-12-11(14)5-8-17-12/h5,8H,4,6-7,9-10H2,1-3H3. The summed E-state index contributed by atoms with van der Waals surface area (Å²) in [5.41, 5.74) is 0.429. The third kappa shape index (κ3) is 2.92. The largest absolute Gasteiger partial charge is 0.302 e. The molecule has 4 heteroatoms. The molecule has 0 saturated heterocycles. The minimum atomic E-state index is 0.429. The summed E-state index contributed by atoms with van der Waals surface area (Å²) < 4.78 is 1.25. The molecule has 0 aliphatic heterocycles. The van der Waals surface area contributed by atoms with Crippen LogP contribution in [0.5, 0.6) is 0 Å². The van der Waals surface area contributed by atoms with E-state index < -0.39 is 0 Å². The van der Waals surface area contributed by atoms with Crippen molar-refractivity contribution in [1.29, 1.82) is 0 Å². The fraction of sp³-hybridized carbons (Fsp3) is 0.692. The summed E-state index contributed by atoms with van der Waals surface area (Å²) in [6.07, 6.45) is 4.07. The number of likely N-dealkylation sites (N-methyl/N-ethyl adjacent to an activating group) is 2. The summed E-state index contributed by atoms with van der Waals surface area (Å²) in [7, 11) is 6.66. The fourth-order valence-electron chi connectivity index (χ4n) is 2.57. The van der Waals surface area contributed by atoms with E-state index in [0.717, 1.165) is 6.54 Å². The monoisotopic (exact) mass is 316 g/mol. The molecule has 1 saturated carbocycles. The van der Waals surface area contributed by atoms with Crippen LogP contribution in [-0.2, 0) is 6.54 Å². The van der Waals surface area contributed by atoms with E-state index >= 15 is 0 Å². The first-order valence-corrected chi connectivity index (χ1v) is 7.79. The molecule has 0 unspecified atom stereocenters. The minimum absolute atomic E-state index is 0.429. The van der Waals surface area contributed by atoms with E-state index in [9.17, 15) is 0 Å². The average molecular weight is 317 g/mol. The van der Waals surface area contributed by atoms with Gasteiger partial charge in [0.25, 0.3) is 0 Å². The lowest BCUT2D eigenvalue weighted by Gasteiger charge is -2.49. The molecule has 1 aliphatic rings. The molecule has 0 bridgehead atoms. The molecule has 2 nitrogen and oxygen atoms in total. The number of halogens is 1. The molecule has 1 fully saturated rings. The lowest BCUT2D eigenvalue weighted by atomic mass is 9.75. The first-order valence-electron chi connectivity index (χ1n) is 6.11. The van der Waals surface area contributed by atoms with Crippen molar-refractivity contribution < 1.29 is 0 Å². The van der Waals surface area contributed by atoms with Crippen LogP contribution in [-0.4, -0.2) is 43.0 Å². The molecule has 0 atom stereocenters. The van der Waals surface area contributed by atoms with Crippen molar-refractivity contribution in [3.63, 3.8) is 0 Å². The van der Waals surface area contributed by atoms with Gasteiger partial charge in [-0.1, -0.05) is 0 Å². The molecule has 0 aromatic carbocycles. The Labute approximate surface area is 117 Å². The number of thiophene rings is 1. The van der Waals surface area contributed by atoms with Crippen molar-refractivity contribution in [3.8, 4) is 0 Å². The molecule has 1 aliphatic carbocycles. The highest BCUT2D eigenvalue weighted by Crippen LogP contribution is 2.37. The van der Waals surface area contributed by atoms with Gasteiger partial charge in [0.05, 0.1) is 0 Å². The normalized spacial score (nSPS) is 18.7. The fourth-order valence-corrected chi connectivity index (χ4v) is 4.13. The maximum Gasteiger partial charge on any atom is 0.0337 e. The molecule has 0 amide bonds. The van der Waals surface area contributed by atoms with Crippen LogP contribution in [0.15, 0.2) is 15.9 Å². The van der Waals surface area contributed by atoms with Gasteiger partial charge < -0.3 is 4.90 Å². The van der Waals surface area contributed by atoms with E-state index in [1.165, 1.54) is 35.2 Å². The zero-order chi connectivity index (χ0) is 12.5. The first-order chi connectivity index (χ1) is 8.03. The van der Waals surface area contributed by atoms with Crippen molar-refractivity contribution >= 4 is 27.3 Å². The van der Waals surface area contributed by atoms with E-state index in [1.54, 1.807) is 0 Å². The number of hydrogen-bond acceptors (Lipinski definition) is 3. The zero-order valence-electron chi connectivity index (χ0n) is 10.9. The van der Waals surface area contributed by atoms with Crippen LogP contribution in [0.4, 0.5) is 0 Å². The molecule has 1 aromatic heterocycles. The molecule has 17 heavy (non-hydrogen) atoms. The molecular formula is C13H21BrN2S. The van der Waals surface area contributed by atoms with Gasteiger partial charge in [-0.15, -0.1) is 11.3 Å². The van der Waals surface area contributed by atoms with E-state index in [4.69, 9.17) is 0 Å². The van der Waals surface area contributed by atoms with Crippen LogP contribution in [0.2, 0.25) is 0 Å². The van der Waals surface area contributed by atoms with Gasteiger partial charge in [0, 0.05) is 28.0 Å². The van der Waals surface area contributed by atoms with Gasteiger partial charge in [0.1, 0.15) is 0 Å². The summed E-state index contributed by atoms with van der Waals surface area (Å²) >= 11 is 5.44. The molecule has 96 valence electrons. The topological polar surface area (TPSA) is 6.48 Å².